The molecule has 0 aromatic heterocycles. The van der Waals surface area contributed by atoms with Crippen LogP contribution in [-0.2, 0) is 9.53 Å². The molecule has 0 bridgehead atoms. The topological polar surface area (TPSA) is 64.6 Å². The quantitative estimate of drug-likeness (QED) is 0.849. The Hall–Kier alpha value is -2.04. The van der Waals surface area contributed by atoms with E-state index in [-0.39, 0.29) is 11.9 Å². The van der Waals surface area contributed by atoms with Crippen molar-refractivity contribution in [1.82, 2.24) is 5.32 Å². The van der Waals surface area contributed by atoms with Gasteiger partial charge in [0.2, 0.25) is 0 Å². The van der Waals surface area contributed by atoms with Gasteiger partial charge in [0, 0.05) is 6.04 Å². The standard InChI is InChI=1S/C17H23NO4/c1-11-8-9-13(10-15(11)21-3)17(20)22-12(2)16(19)18-14-6-4-5-7-14/h8-10,12,14H,4-7H2,1-3H3,(H,18,19)/t12-/m0/s1. The number of esters is 1. The summed E-state index contributed by atoms with van der Waals surface area (Å²) in [4.78, 5) is 24.1. The highest BCUT2D eigenvalue weighted by molar-refractivity contribution is 5.92. The second kappa shape index (κ2) is 7.29. The Balaban J connectivity index is 1.94. The zero-order chi connectivity index (χ0) is 16.1. The SMILES string of the molecule is COc1cc(C(=O)O[C@@H](C)C(=O)NC2CCCC2)ccc1C. The van der Waals surface area contributed by atoms with Gasteiger partial charge in [-0.25, -0.2) is 4.79 Å². The lowest BCUT2D eigenvalue weighted by atomic mass is 10.1. The van der Waals surface area contributed by atoms with Crippen molar-refractivity contribution in [2.45, 2.75) is 51.7 Å². The normalized spacial score (nSPS) is 16.1. The predicted octanol–water partition coefficient (Wildman–Crippen LogP) is 2.61. The Kier molecular flexibility index (Phi) is 5.41. The number of methoxy groups -OCH3 is 1. The number of hydrogen-bond acceptors (Lipinski definition) is 4. The largest absolute Gasteiger partial charge is 0.496 e. The molecule has 5 nitrogen and oxygen atoms in total. The fourth-order valence-corrected chi connectivity index (χ4v) is 2.62. The van der Waals surface area contributed by atoms with Gasteiger partial charge in [-0.15, -0.1) is 0 Å². The molecule has 5 heteroatoms. The van der Waals surface area contributed by atoms with Crippen molar-refractivity contribution in [3.05, 3.63) is 29.3 Å². The van der Waals surface area contributed by atoms with Crippen LogP contribution < -0.4 is 10.1 Å². The molecule has 2 rings (SSSR count). The van der Waals surface area contributed by atoms with Crippen LogP contribution in [0.5, 0.6) is 5.75 Å². The van der Waals surface area contributed by atoms with E-state index >= 15 is 0 Å². The Morgan fingerprint density at radius 1 is 1.27 bits per heavy atom. The highest BCUT2D eigenvalue weighted by Gasteiger charge is 2.23. The first-order chi connectivity index (χ1) is 10.5. The van der Waals surface area contributed by atoms with E-state index in [9.17, 15) is 9.59 Å². The van der Waals surface area contributed by atoms with Crippen LogP contribution in [-0.4, -0.2) is 31.1 Å². The first-order valence-corrected chi connectivity index (χ1v) is 7.67. The summed E-state index contributed by atoms with van der Waals surface area (Å²) in [5.74, 6) is -0.135. The molecule has 0 heterocycles. The summed E-state index contributed by atoms with van der Waals surface area (Å²) in [5.41, 5.74) is 1.31. The van der Waals surface area contributed by atoms with Crippen LogP contribution in [0.15, 0.2) is 18.2 Å². The maximum absolute atomic E-state index is 12.1. The van der Waals surface area contributed by atoms with E-state index in [4.69, 9.17) is 9.47 Å². The Morgan fingerprint density at radius 3 is 2.59 bits per heavy atom. The minimum absolute atomic E-state index is 0.216. The van der Waals surface area contributed by atoms with Crippen molar-refractivity contribution in [2.24, 2.45) is 0 Å². The minimum atomic E-state index is -0.805. The van der Waals surface area contributed by atoms with E-state index < -0.39 is 12.1 Å². The fraction of sp³-hybridized carbons (Fsp3) is 0.529. The average molecular weight is 305 g/mol. The summed E-state index contributed by atoms with van der Waals surface area (Å²) in [7, 11) is 1.55. The van der Waals surface area contributed by atoms with Crippen molar-refractivity contribution in [1.29, 1.82) is 0 Å². The maximum Gasteiger partial charge on any atom is 0.339 e. The van der Waals surface area contributed by atoms with Gasteiger partial charge in [-0.05, 0) is 44.4 Å². The van der Waals surface area contributed by atoms with E-state index in [2.05, 4.69) is 5.32 Å². The average Bonchev–Trinajstić information content (AvgIpc) is 3.00. The minimum Gasteiger partial charge on any atom is -0.496 e. The maximum atomic E-state index is 12.1. The van der Waals surface area contributed by atoms with Gasteiger partial charge in [0.05, 0.1) is 12.7 Å². The van der Waals surface area contributed by atoms with E-state index in [0.717, 1.165) is 31.2 Å². The summed E-state index contributed by atoms with van der Waals surface area (Å²) in [6.45, 7) is 3.49. The fourth-order valence-electron chi connectivity index (χ4n) is 2.62. The molecule has 120 valence electrons. The van der Waals surface area contributed by atoms with Gasteiger partial charge in [0.25, 0.3) is 5.91 Å². The van der Waals surface area contributed by atoms with Gasteiger partial charge in [-0.3, -0.25) is 4.79 Å². The lowest BCUT2D eigenvalue weighted by Gasteiger charge is -2.17. The molecule has 1 aliphatic carbocycles. The highest BCUT2D eigenvalue weighted by Crippen LogP contribution is 2.20. The predicted molar refractivity (Wildman–Crippen MR) is 83.0 cm³/mol. The zero-order valence-electron chi connectivity index (χ0n) is 13.3. The number of rotatable bonds is 5. The lowest BCUT2D eigenvalue weighted by Crippen LogP contribution is -2.40. The number of ether oxygens (including phenoxy) is 2. The summed E-state index contributed by atoms with van der Waals surface area (Å²) in [5, 5.41) is 2.93. The van der Waals surface area contributed by atoms with Gasteiger partial charge in [0.15, 0.2) is 6.10 Å². The van der Waals surface area contributed by atoms with E-state index in [1.54, 1.807) is 32.2 Å². The number of amides is 1. The second-order valence-electron chi connectivity index (χ2n) is 5.72. The zero-order valence-corrected chi connectivity index (χ0v) is 13.3. The number of aryl methyl sites for hydroxylation is 1. The molecule has 1 N–H and O–H groups in total. The third kappa shape index (κ3) is 4.00. The van der Waals surface area contributed by atoms with E-state index in [1.165, 1.54) is 0 Å². The van der Waals surface area contributed by atoms with Crippen LogP contribution in [0.1, 0.15) is 48.5 Å². The monoisotopic (exact) mass is 305 g/mol. The summed E-state index contributed by atoms with van der Waals surface area (Å²) >= 11 is 0. The molecule has 1 aromatic carbocycles. The lowest BCUT2D eigenvalue weighted by molar-refractivity contribution is -0.129. The number of benzene rings is 1. The molecular formula is C17H23NO4. The second-order valence-corrected chi connectivity index (χ2v) is 5.72. The molecule has 0 radical (unpaired) electrons. The van der Waals surface area contributed by atoms with Crippen molar-refractivity contribution in [2.75, 3.05) is 7.11 Å². The van der Waals surface area contributed by atoms with Gasteiger partial charge in [-0.1, -0.05) is 18.9 Å². The molecular weight excluding hydrogens is 282 g/mol. The molecule has 0 spiro atoms. The number of hydrogen-bond donors (Lipinski definition) is 1. The summed E-state index contributed by atoms with van der Waals surface area (Å²) in [6, 6.07) is 5.30. The first-order valence-electron chi connectivity index (χ1n) is 7.67. The molecule has 1 aromatic rings. The number of carbonyl (C=O) groups is 2. The van der Waals surface area contributed by atoms with Crippen LogP contribution >= 0.6 is 0 Å². The van der Waals surface area contributed by atoms with Crippen molar-refractivity contribution >= 4 is 11.9 Å². The smallest absolute Gasteiger partial charge is 0.339 e. The van der Waals surface area contributed by atoms with Crippen LogP contribution in [0.4, 0.5) is 0 Å². The molecule has 1 saturated carbocycles. The Morgan fingerprint density at radius 2 is 1.95 bits per heavy atom. The third-order valence-electron chi connectivity index (χ3n) is 4.00. The van der Waals surface area contributed by atoms with E-state index in [0.29, 0.717) is 11.3 Å². The van der Waals surface area contributed by atoms with Gasteiger partial charge in [-0.2, -0.15) is 0 Å². The molecule has 1 aliphatic rings. The van der Waals surface area contributed by atoms with Crippen LogP contribution in [0.2, 0.25) is 0 Å². The summed E-state index contributed by atoms with van der Waals surface area (Å²) in [6.07, 6.45) is 3.48. The van der Waals surface area contributed by atoms with Gasteiger partial charge in [0.1, 0.15) is 5.75 Å². The molecule has 0 aliphatic heterocycles. The molecule has 1 fully saturated rings. The van der Waals surface area contributed by atoms with Crippen LogP contribution in [0, 0.1) is 6.92 Å². The molecule has 22 heavy (non-hydrogen) atoms. The first kappa shape index (κ1) is 16.3. The Bertz CT molecular complexity index is 550. The molecule has 1 amide bonds. The van der Waals surface area contributed by atoms with Crippen molar-refractivity contribution in [3.8, 4) is 5.75 Å². The number of carbonyl (C=O) groups excluding carboxylic acids is 2. The van der Waals surface area contributed by atoms with E-state index in [1.807, 2.05) is 6.92 Å². The van der Waals surface area contributed by atoms with Gasteiger partial charge >= 0.3 is 5.97 Å². The van der Waals surface area contributed by atoms with Crippen LogP contribution in [0.3, 0.4) is 0 Å². The summed E-state index contributed by atoms with van der Waals surface area (Å²) < 4.78 is 10.4. The third-order valence-corrected chi connectivity index (χ3v) is 4.00. The number of nitrogens with one attached hydrogen (secondary N) is 1. The molecule has 1 atom stereocenters. The Labute approximate surface area is 131 Å². The molecule has 0 saturated heterocycles. The molecule has 0 unspecified atom stereocenters. The van der Waals surface area contributed by atoms with Gasteiger partial charge < -0.3 is 14.8 Å². The highest BCUT2D eigenvalue weighted by atomic mass is 16.5. The van der Waals surface area contributed by atoms with Crippen LogP contribution in [0.25, 0.3) is 0 Å². The van der Waals surface area contributed by atoms with Crippen molar-refractivity contribution in [3.63, 3.8) is 0 Å². The van der Waals surface area contributed by atoms with Crippen molar-refractivity contribution < 1.29 is 19.1 Å².